The van der Waals surface area contributed by atoms with Crippen LogP contribution in [0.5, 0.6) is 0 Å². The minimum atomic E-state index is -0.440. The number of aryl methyl sites for hydroxylation is 2. The molecule has 3 N–H and O–H groups in total. The number of fused-ring (bicyclic) bond motifs is 5. The van der Waals surface area contributed by atoms with Gasteiger partial charge in [-0.1, -0.05) is 54.6 Å². The van der Waals surface area contributed by atoms with E-state index in [4.69, 9.17) is 9.47 Å². The summed E-state index contributed by atoms with van der Waals surface area (Å²) in [6, 6.07) is 22.2. The number of aliphatic hydroxyl groups is 1. The Hall–Kier alpha value is -3.72. The highest BCUT2D eigenvalue weighted by Crippen LogP contribution is 2.48. The molecule has 0 aliphatic carbocycles. The maximum atomic E-state index is 13.1. The molecule has 0 radical (unpaired) electrons. The SMILES string of the molecule is Cc1cc(CO)ccc1NC(=O)CCCc1ccc(-c2ccccc2)c(NC(=O)OC2C[C@H]3[C@@H]4O[C@@H]4[C@H](C2)N3C)c1. The van der Waals surface area contributed by atoms with Crippen molar-refractivity contribution in [2.75, 3.05) is 17.7 Å². The summed E-state index contributed by atoms with van der Waals surface area (Å²) in [5, 5.41) is 15.3. The maximum absolute atomic E-state index is 13.1. The number of amides is 2. The Bertz CT molecular complexity index is 1410. The summed E-state index contributed by atoms with van der Waals surface area (Å²) < 4.78 is 11.7. The Labute approximate surface area is 240 Å². The molecular formula is C33H37N3O5. The van der Waals surface area contributed by atoms with E-state index in [1.807, 2.05) is 67.6 Å². The summed E-state index contributed by atoms with van der Waals surface area (Å²) in [6.45, 7) is 1.89. The lowest BCUT2D eigenvalue weighted by molar-refractivity contribution is -0.116. The van der Waals surface area contributed by atoms with Crippen LogP contribution in [-0.2, 0) is 27.3 Å². The molecule has 5 atom stereocenters. The Morgan fingerprint density at radius 2 is 1.68 bits per heavy atom. The zero-order valence-electron chi connectivity index (χ0n) is 23.5. The monoisotopic (exact) mass is 555 g/mol. The summed E-state index contributed by atoms with van der Waals surface area (Å²) in [6.07, 6.45) is 3.33. The molecule has 0 saturated carbocycles. The molecule has 0 aromatic heterocycles. The molecule has 3 heterocycles. The lowest BCUT2D eigenvalue weighted by Crippen LogP contribution is -2.48. The van der Waals surface area contributed by atoms with Gasteiger partial charge in [-0.25, -0.2) is 4.79 Å². The average molecular weight is 556 g/mol. The first-order chi connectivity index (χ1) is 19.9. The molecular weight excluding hydrogens is 518 g/mol. The van der Waals surface area contributed by atoms with E-state index in [0.717, 1.165) is 46.3 Å². The normalized spacial score (nSPS) is 24.4. The molecule has 3 fully saturated rings. The van der Waals surface area contributed by atoms with Gasteiger partial charge < -0.3 is 19.9 Å². The van der Waals surface area contributed by atoms with Crippen LogP contribution in [0.3, 0.4) is 0 Å². The number of aliphatic hydroxyl groups excluding tert-OH is 1. The van der Waals surface area contributed by atoms with Gasteiger partial charge in [0.05, 0.1) is 12.3 Å². The van der Waals surface area contributed by atoms with E-state index in [0.29, 0.717) is 49.2 Å². The molecule has 3 saturated heterocycles. The number of piperidine rings is 1. The Morgan fingerprint density at radius 1 is 0.951 bits per heavy atom. The van der Waals surface area contributed by atoms with Gasteiger partial charge in [0.25, 0.3) is 0 Å². The third kappa shape index (κ3) is 6.00. The van der Waals surface area contributed by atoms with Crippen LogP contribution in [0.4, 0.5) is 16.2 Å². The van der Waals surface area contributed by atoms with Crippen LogP contribution < -0.4 is 10.6 Å². The number of carbonyl (C=O) groups is 2. The third-order valence-corrected chi connectivity index (χ3v) is 8.67. The van der Waals surface area contributed by atoms with E-state index in [9.17, 15) is 14.7 Å². The van der Waals surface area contributed by atoms with Crippen LogP contribution in [0.15, 0.2) is 66.7 Å². The number of carbonyl (C=O) groups excluding carboxylic acids is 2. The minimum Gasteiger partial charge on any atom is -0.446 e. The lowest BCUT2D eigenvalue weighted by atomic mass is 9.99. The van der Waals surface area contributed by atoms with Crippen molar-refractivity contribution in [3.8, 4) is 11.1 Å². The van der Waals surface area contributed by atoms with E-state index in [2.05, 4.69) is 28.6 Å². The highest BCUT2D eigenvalue weighted by Gasteiger charge is 2.62. The van der Waals surface area contributed by atoms with Crippen LogP contribution in [0.2, 0.25) is 0 Å². The second kappa shape index (κ2) is 11.6. The summed E-state index contributed by atoms with van der Waals surface area (Å²) in [5.41, 5.74) is 6.15. The van der Waals surface area contributed by atoms with Gasteiger partial charge >= 0.3 is 6.09 Å². The van der Waals surface area contributed by atoms with Gasteiger partial charge in [-0.2, -0.15) is 0 Å². The second-order valence-corrected chi connectivity index (χ2v) is 11.4. The summed E-state index contributed by atoms with van der Waals surface area (Å²) in [5.74, 6) is -0.0530. The molecule has 2 amide bonds. The molecule has 41 heavy (non-hydrogen) atoms. The summed E-state index contributed by atoms with van der Waals surface area (Å²) in [7, 11) is 2.14. The first kappa shape index (κ1) is 27.4. The van der Waals surface area contributed by atoms with Crippen LogP contribution in [-0.4, -0.2) is 59.5 Å². The fourth-order valence-electron chi connectivity index (χ4n) is 6.44. The van der Waals surface area contributed by atoms with E-state index < -0.39 is 6.09 Å². The number of morpholine rings is 1. The van der Waals surface area contributed by atoms with Gasteiger partial charge in [0.15, 0.2) is 0 Å². The van der Waals surface area contributed by atoms with Gasteiger partial charge in [0.2, 0.25) is 5.91 Å². The first-order valence-electron chi connectivity index (χ1n) is 14.4. The van der Waals surface area contributed by atoms with Crippen molar-refractivity contribution in [3.05, 3.63) is 83.4 Å². The van der Waals surface area contributed by atoms with Crippen molar-refractivity contribution in [1.82, 2.24) is 4.90 Å². The number of nitrogens with one attached hydrogen (secondary N) is 2. The topological polar surface area (TPSA) is 103 Å². The average Bonchev–Trinajstić information content (AvgIpc) is 3.73. The van der Waals surface area contributed by atoms with Crippen molar-refractivity contribution in [1.29, 1.82) is 0 Å². The van der Waals surface area contributed by atoms with Gasteiger partial charge in [-0.15, -0.1) is 0 Å². The van der Waals surface area contributed by atoms with Gasteiger partial charge in [0, 0.05) is 42.6 Å². The van der Waals surface area contributed by atoms with Crippen molar-refractivity contribution in [2.24, 2.45) is 0 Å². The molecule has 3 aromatic carbocycles. The fourth-order valence-corrected chi connectivity index (χ4v) is 6.44. The van der Waals surface area contributed by atoms with Crippen LogP contribution in [0, 0.1) is 6.92 Å². The summed E-state index contributed by atoms with van der Waals surface area (Å²) in [4.78, 5) is 28.1. The molecule has 6 rings (SSSR count). The zero-order valence-corrected chi connectivity index (χ0v) is 23.5. The standard InChI is InChI=1S/C33H37N3O5/c1-20-15-22(19-37)12-14-26(20)34-30(38)10-6-7-21-11-13-25(23-8-4-3-5-9-23)27(16-21)35-33(39)40-24-17-28-31-32(41-31)29(18-24)36(28)2/h3-5,8-9,11-16,24,28-29,31-32,37H,6-7,10,17-19H2,1-2H3,(H,34,38)(H,35,39)/t24?,28-,29-,31-,32+/m0/s1. The number of anilines is 2. The quantitative estimate of drug-likeness (QED) is 0.311. The van der Waals surface area contributed by atoms with Crippen molar-refractivity contribution in [3.63, 3.8) is 0 Å². The number of rotatable bonds is 9. The predicted octanol–water partition coefficient (Wildman–Crippen LogP) is 5.28. The van der Waals surface area contributed by atoms with Gasteiger partial charge in [-0.05, 0) is 61.2 Å². The molecule has 0 spiro atoms. The number of epoxide rings is 1. The Balaban J connectivity index is 1.08. The highest BCUT2D eigenvalue weighted by atomic mass is 16.6. The fraction of sp³-hybridized carbons (Fsp3) is 0.394. The smallest absolute Gasteiger partial charge is 0.411 e. The van der Waals surface area contributed by atoms with Crippen molar-refractivity contribution in [2.45, 2.75) is 76.0 Å². The number of nitrogens with zero attached hydrogens (tertiary/aromatic N) is 1. The zero-order chi connectivity index (χ0) is 28.5. The number of ether oxygens (including phenoxy) is 2. The Morgan fingerprint density at radius 3 is 2.39 bits per heavy atom. The van der Waals surface area contributed by atoms with Crippen LogP contribution >= 0.6 is 0 Å². The van der Waals surface area contributed by atoms with Gasteiger partial charge in [0.1, 0.15) is 18.3 Å². The number of benzene rings is 3. The molecule has 2 bridgehead atoms. The molecule has 3 aromatic rings. The van der Waals surface area contributed by atoms with E-state index >= 15 is 0 Å². The maximum Gasteiger partial charge on any atom is 0.411 e. The highest BCUT2D eigenvalue weighted by molar-refractivity contribution is 5.92. The first-order valence-corrected chi connectivity index (χ1v) is 14.4. The minimum absolute atomic E-state index is 0.0257. The largest absolute Gasteiger partial charge is 0.446 e. The molecule has 3 aliphatic rings. The number of likely N-dealkylation sites (N-methyl/N-ethyl adjacent to an activating group) is 1. The van der Waals surface area contributed by atoms with Crippen LogP contribution in [0.25, 0.3) is 11.1 Å². The third-order valence-electron chi connectivity index (χ3n) is 8.67. The van der Waals surface area contributed by atoms with Crippen molar-refractivity contribution < 1.29 is 24.2 Å². The second-order valence-electron chi connectivity index (χ2n) is 11.4. The molecule has 3 aliphatic heterocycles. The van der Waals surface area contributed by atoms with Gasteiger partial charge in [-0.3, -0.25) is 15.0 Å². The van der Waals surface area contributed by atoms with E-state index in [1.165, 1.54) is 0 Å². The Kier molecular flexibility index (Phi) is 7.79. The predicted molar refractivity (Wildman–Crippen MR) is 158 cm³/mol. The van der Waals surface area contributed by atoms with Crippen LogP contribution in [0.1, 0.15) is 42.4 Å². The molecule has 1 unspecified atom stereocenters. The number of hydrogen-bond donors (Lipinski definition) is 3. The lowest BCUT2D eigenvalue weighted by Gasteiger charge is -2.37. The molecule has 8 nitrogen and oxygen atoms in total. The van der Waals surface area contributed by atoms with E-state index in [-0.39, 0.29) is 18.6 Å². The van der Waals surface area contributed by atoms with E-state index in [1.54, 1.807) is 0 Å². The number of hydrogen-bond acceptors (Lipinski definition) is 6. The molecule has 214 valence electrons. The van der Waals surface area contributed by atoms with Crippen molar-refractivity contribution >= 4 is 23.4 Å². The molecule has 8 heteroatoms. The summed E-state index contributed by atoms with van der Waals surface area (Å²) >= 11 is 0.